The SMILES string of the molecule is CCCC(C)CCS(N)=O.CN1CCS(=O)CC1. The molecule has 1 saturated heterocycles. The average molecular weight is 297 g/mol. The minimum Gasteiger partial charge on any atom is -0.305 e. The summed E-state index contributed by atoms with van der Waals surface area (Å²) >= 11 is 0. The summed E-state index contributed by atoms with van der Waals surface area (Å²) in [6.07, 6.45) is 3.42. The molecule has 1 fully saturated rings. The summed E-state index contributed by atoms with van der Waals surface area (Å²) in [6, 6.07) is 0. The highest BCUT2D eigenvalue weighted by molar-refractivity contribution is 7.85. The molecule has 2 atom stereocenters. The molecule has 18 heavy (non-hydrogen) atoms. The van der Waals surface area contributed by atoms with Gasteiger partial charge in [0.15, 0.2) is 0 Å². The van der Waals surface area contributed by atoms with Gasteiger partial charge in [-0.25, -0.2) is 4.21 Å². The van der Waals surface area contributed by atoms with Crippen molar-refractivity contribution in [2.75, 3.05) is 37.4 Å². The summed E-state index contributed by atoms with van der Waals surface area (Å²) in [5.74, 6) is 3.08. The number of hydrogen-bond donors (Lipinski definition) is 1. The van der Waals surface area contributed by atoms with Gasteiger partial charge in [-0.3, -0.25) is 9.35 Å². The van der Waals surface area contributed by atoms with E-state index in [0.29, 0.717) is 11.7 Å². The molecule has 2 N–H and O–H groups in total. The van der Waals surface area contributed by atoms with E-state index < -0.39 is 21.8 Å². The highest BCUT2D eigenvalue weighted by Crippen LogP contribution is 2.09. The predicted molar refractivity (Wildman–Crippen MR) is 81.3 cm³/mol. The van der Waals surface area contributed by atoms with Crippen LogP contribution < -0.4 is 5.14 Å². The van der Waals surface area contributed by atoms with Crippen molar-refractivity contribution in [1.29, 1.82) is 0 Å². The monoisotopic (exact) mass is 296 g/mol. The molecule has 0 radical (unpaired) electrons. The Bertz CT molecular complexity index is 252. The van der Waals surface area contributed by atoms with E-state index in [4.69, 9.17) is 5.14 Å². The van der Waals surface area contributed by atoms with Gasteiger partial charge >= 0.3 is 0 Å². The van der Waals surface area contributed by atoms with Crippen LogP contribution >= 0.6 is 0 Å². The van der Waals surface area contributed by atoms with E-state index in [1.165, 1.54) is 12.8 Å². The van der Waals surface area contributed by atoms with Gasteiger partial charge in [0.1, 0.15) is 0 Å². The molecule has 110 valence electrons. The van der Waals surface area contributed by atoms with Gasteiger partial charge in [0.2, 0.25) is 0 Å². The maximum absolute atomic E-state index is 10.7. The highest BCUT2D eigenvalue weighted by Gasteiger charge is 2.09. The normalized spacial score (nSPS) is 20.9. The Morgan fingerprint density at radius 3 is 2.28 bits per heavy atom. The third-order valence-corrected chi connectivity index (χ3v) is 4.91. The van der Waals surface area contributed by atoms with Crippen LogP contribution in [0.3, 0.4) is 0 Å². The summed E-state index contributed by atoms with van der Waals surface area (Å²) in [6.45, 7) is 6.35. The Labute approximate surface area is 117 Å². The van der Waals surface area contributed by atoms with Crippen molar-refractivity contribution < 1.29 is 8.42 Å². The zero-order valence-electron chi connectivity index (χ0n) is 11.9. The Kier molecular flexibility index (Phi) is 11.2. The Morgan fingerprint density at radius 2 is 1.89 bits per heavy atom. The van der Waals surface area contributed by atoms with Gasteiger partial charge in [-0.15, -0.1) is 0 Å². The van der Waals surface area contributed by atoms with E-state index in [9.17, 15) is 8.42 Å². The van der Waals surface area contributed by atoms with Gasteiger partial charge in [-0.2, -0.15) is 0 Å². The Hall–Kier alpha value is 0.220. The van der Waals surface area contributed by atoms with Crippen molar-refractivity contribution in [3.05, 3.63) is 0 Å². The van der Waals surface area contributed by atoms with E-state index in [0.717, 1.165) is 31.0 Å². The van der Waals surface area contributed by atoms with Crippen LogP contribution in [0.1, 0.15) is 33.1 Å². The first-order chi connectivity index (χ1) is 8.45. The largest absolute Gasteiger partial charge is 0.305 e. The molecule has 0 saturated carbocycles. The number of hydrogen-bond acceptors (Lipinski definition) is 3. The molecular formula is C12H28N2O2S2. The van der Waals surface area contributed by atoms with E-state index in [1.807, 2.05) is 0 Å². The van der Waals surface area contributed by atoms with E-state index in [-0.39, 0.29) is 0 Å². The molecule has 0 aromatic heterocycles. The summed E-state index contributed by atoms with van der Waals surface area (Å²) in [7, 11) is 0.474. The van der Waals surface area contributed by atoms with Gasteiger partial charge < -0.3 is 4.90 Å². The first kappa shape index (κ1) is 18.2. The second kappa shape index (κ2) is 11.1. The molecule has 6 heteroatoms. The molecule has 1 aliphatic heterocycles. The van der Waals surface area contributed by atoms with Crippen LogP contribution in [0.25, 0.3) is 0 Å². The lowest BCUT2D eigenvalue weighted by molar-refractivity contribution is 0.367. The van der Waals surface area contributed by atoms with Crippen LogP contribution in [-0.2, 0) is 21.8 Å². The van der Waals surface area contributed by atoms with Gasteiger partial charge in [-0.05, 0) is 19.4 Å². The Morgan fingerprint density at radius 1 is 1.33 bits per heavy atom. The summed E-state index contributed by atoms with van der Waals surface area (Å²) in [5, 5.41) is 5.11. The van der Waals surface area contributed by atoms with Crippen LogP contribution in [-0.4, -0.2) is 50.7 Å². The minimum absolute atomic E-state index is 0.503. The maximum atomic E-state index is 10.7. The smallest absolute Gasteiger partial charge is 0.0888 e. The molecule has 1 rings (SSSR count). The predicted octanol–water partition coefficient (Wildman–Crippen LogP) is 1.12. The average Bonchev–Trinajstić information content (AvgIpc) is 2.32. The van der Waals surface area contributed by atoms with Gasteiger partial charge in [0, 0.05) is 41.1 Å². The number of rotatable bonds is 5. The summed E-state index contributed by atoms with van der Waals surface area (Å²) < 4.78 is 21.1. The third kappa shape index (κ3) is 11.3. The first-order valence-electron chi connectivity index (χ1n) is 6.62. The molecule has 4 nitrogen and oxygen atoms in total. The minimum atomic E-state index is -1.09. The summed E-state index contributed by atoms with van der Waals surface area (Å²) in [5.41, 5.74) is 0. The fourth-order valence-corrected chi connectivity index (χ4v) is 3.55. The zero-order valence-corrected chi connectivity index (χ0v) is 13.5. The van der Waals surface area contributed by atoms with Crippen molar-refractivity contribution in [2.24, 2.45) is 11.1 Å². The Balaban J connectivity index is 0.000000327. The van der Waals surface area contributed by atoms with Crippen LogP contribution in [0.15, 0.2) is 0 Å². The molecular weight excluding hydrogens is 268 g/mol. The van der Waals surface area contributed by atoms with Crippen LogP contribution in [0.2, 0.25) is 0 Å². The lowest BCUT2D eigenvalue weighted by Gasteiger charge is -2.20. The van der Waals surface area contributed by atoms with Crippen LogP contribution in [0.5, 0.6) is 0 Å². The highest BCUT2D eigenvalue weighted by atomic mass is 32.2. The maximum Gasteiger partial charge on any atom is 0.0888 e. The zero-order chi connectivity index (χ0) is 14.0. The van der Waals surface area contributed by atoms with Crippen molar-refractivity contribution in [3.8, 4) is 0 Å². The molecule has 0 amide bonds. The fraction of sp³-hybridized carbons (Fsp3) is 1.00. The second-order valence-electron chi connectivity index (χ2n) is 4.92. The van der Waals surface area contributed by atoms with Crippen molar-refractivity contribution in [3.63, 3.8) is 0 Å². The first-order valence-corrected chi connectivity index (χ1v) is 9.49. The molecule has 0 aromatic carbocycles. The quantitative estimate of drug-likeness (QED) is 0.827. The summed E-state index contributed by atoms with van der Waals surface area (Å²) in [4.78, 5) is 2.21. The van der Waals surface area contributed by atoms with E-state index >= 15 is 0 Å². The lowest BCUT2D eigenvalue weighted by atomic mass is 10.0. The van der Waals surface area contributed by atoms with Crippen molar-refractivity contribution in [1.82, 2.24) is 4.90 Å². The van der Waals surface area contributed by atoms with Gasteiger partial charge in [-0.1, -0.05) is 26.7 Å². The standard InChI is InChI=1S/C7H17NOS.C5H11NOS/c1-3-4-7(2)5-6-10(8)9;1-6-2-4-8(7)5-3-6/h7H,3-6,8H2,1-2H3;2-5H2,1H3. The van der Waals surface area contributed by atoms with Crippen molar-refractivity contribution in [2.45, 2.75) is 33.1 Å². The molecule has 0 spiro atoms. The second-order valence-corrected chi connectivity index (χ2v) is 7.78. The number of nitrogens with two attached hydrogens (primary N) is 1. The topological polar surface area (TPSA) is 63.4 Å². The van der Waals surface area contributed by atoms with Crippen LogP contribution in [0, 0.1) is 5.92 Å². The number of nitrogens with zero attached hydrogens (tertiary/aromatic N) is 1. The van der Waals surface area contributed by atoms with Gasteiger partial charge in [0.25, 0.3) is 0 Å². The van der Waals surface area contributed by atoms with E-state index in [2.05, 4.69) is 25.8 Å². The molecule has 0 aromatic rings. The van der Waals surface area contributed by atoms with Gasteiger partial charge in [0.05, 0.1) is 11.0 Å². The lowest BCUT2D eigenvalue weighted by Crippen LogP contribution is -2.34. The molecule has 2 unspecified atom stereocenters. The van der Waals surface area contributed by atoms with Crippen LogP contribution in [0.4, 0.5) is 0 Å². The van der Waals surface area contributed by atoms with Crippen molar-refractivity contribution >= 4 is 21.8 Å². The molecule has 1 heterocycles. The molecule has 1 aliphatic rings. The van der Waals surface area contributed by atoms with E-state index in [1.54, 1.807) is 0 Å². The fourth-order valence-electron chi connectivity index (χ4n) is 1.68. The molecule has 0 aliphatic carbocycles. The molecule has 0 bridgehead atoms. The third-order valence-electron chi connectivity index (χ3n) is 2.99.